The van der Waals surface area contributed by atoms with Gasteiger partial charge >= 0.3 is 0 Å². The molecule has 3 aliphatic rings. The van der Waals surface area contributed by atoms with Crippen LogP contribution in [0.3, 0.4) is 0 Å². The van der Waals surface area contributed by atoms with Gasteiger partial charge in [0.05, 0.1) is 17.6 Å². The molecule has 1 aromatic carbocycles. The van der Waals surface area contributed by atoms with Crippen molar-refractivity contribution >= 4 is 15.9 Å². The van der Waals surface area contributed by atoms with E-state index < -0.39 is 10.0 Å². The van der Waals surface area contributed by atoms with Gasteiger partial charge in [-0.05, 0) is 49.4 Å². The Morgan fingerprint density at radius 2 is 1.89 bits per heavy atom. The van der Waals surface area contributed by atoms with E-state index in [4.69, 9.17) is 4.74 Å². The predicted octanol–water partition coefficient (Wildman–Crippen LogP) is 0.385. The number of hydrogen-bond acceptors (Lipinski definition) is 5. The zero-order valence-corrected chi connectivity index (χ0v) is 16.5. The predicted molar refractivity (Wildman–Crippen MR) is 101 cm³/mol. The van der Waals surface area contributed by atoms with Crippen LogP contribution in [0.1, 0.15) is 24.5 Å². The zero-order chi connectivity index (χ0) is 19.0. The van der Waals surface area contributed by atoms with Gasteiger partial charge in [0, 0.05) is 32.7 Å². The summed E-state index contributed by atoms with van der Waals surface area (Å²) in [5, 5.41) is 3.21. The SMILES string of the molecule is C[C@H]1OCCN[C@@H]1C(=O)N1CCN(S(=O)(=O)c2ccc3c(c2)CCC3)CC1. The molecular formula is C19H27N3O4S. The summed E-state index contributed by atoms with van der Waals surface area (Å²) < 4.78 is 33.1. The molecule has 1 aromatic rings. The first-order chi connectivity index (χ1) is 13.0. The number of hydrogen-bond donors (Lipinski definition) is 1. The van der Waals surface area contributed by atoms with Crippen LogP contribution < -0.4 is 5.32 Å². The highest BCUT2D eigenvalue weighted by Gasteiger charge is 2.35. The molecule has 27 heavy (non-hydrogen) atoms. The molecule has 148 valence electrons. The van der Waals surface area contributed by atoms with Gasteiger partial charge in [-0.3, -0.25) is 4.79 Å². The number of nitrogens with one attached hydrogen (secondary N) is 1. The van der Waals surface area contributed by atoms with Crippen molar-refractivity contribution in [1.29, 1.82) is 0 Å². The van der Waals surface area contributed by atoms with Crippen LogP contribution in [0.15, 0.2) is 23.1 Å². The number of nitrogens with zero attached hydrogens (tertiary/aromatic N) is 2. The van der Waals surface area contributed by atoms with E-state index in [-0.39, 0.29) is 18.1 Å². The van der Waals surface area contributed by atoms with Gasteiger partial charge in [0.25, 0.3) is 0 Å². The van der Waals surface area contributed by atoms with Gasteiger partial charge in [-0.25, -0.2) is 8.42 Å². The molecule has 0 bridgehead atoms. The molecular weight excluding hydrogens is 366 g/mol. The summed E-state index contributed by atoms with van der Waals surface area (Å²) in [5.41, 5.74) is 2.42. The second kappa shape index (κ2) is 7.50. The van der Waals surface area contributed by atoms with Crippen LogP contribution in [0.2, 0.25) is 0 Å². The number of piperazine rings is 1. The molecule has 2 aliphatic heterocycles. The number of carbonyl (C=O) groups excluding carboxylic acids is 1. The van der Waals surface area contributed by atoms with E-state index in [2.05, 4.69) is 5.32 Å². The summed E-state index contributed by atoms with van der Waals surface area (Å²) in [6.45, 7) is 4.64. The third-order valence-electron chi connectivity index (χ3n) is 5.84. The summed E-state index contributed by atoms with van der Waals surface area (Å²) in [5.74, 6) is -0.00298. The van der Waals surface area contributed by atoms with Crippen LogP contribution >= 0.6 is 0 Å². The van der Waals surface area contributed by atoms with E-state index in [0.29, 0.717) is 44.2 Å². The van der Waals surface area contributed by atoms with E-state index in [9.17, 15) is 13.2 Å². The number of morpholine rings is 1. The molecule has 2 saturated heterocycles. The lowest BCUT2D eigenvalue weighted by Crippen LogP contribution is -2.60. The lowest BCUT2D eigenvalue weighted by atomic mass is 10.1. The molecule has 4 rings (SSSR count). The van der Waals surface area contributed by atoms with Gasteiger partial charge in [0.1, 0.15) is 6.04 Å². The molecule has 8 heteroatoms. The van der Waals surface area contributed by atoms with Gasteiger partial charge < -0.3 is 15.0 Å². The highest BCUT2D eigenvalue weighted by molar-refractivity contribution is 7.89. The van der Waals surface area contributed by atoms with E-state index >= 15 is 0 Å². The van der Waals surface area contributed by atoms with Crippen molar-refractivity contribution in [3.8, 4) is 0 Å². The van der Waals surface area contributed by atoms with E-state index in [1.54, 1.807) is 11.0 Å². The first-order valence-corrected chi connectivity index (χ1v) is 11.2. The Bertz CT molecular complexity index is 818. The normalized spacial score (nSPS) is 26.8. The average Bonchev–Trinajstić information content (AvgIpc) is 3.16. The third kappa shape index (κ3) is 3.63. The van der Waals surface area contributed by atoms with E-state index in [1.807, 2.05) is 19.1 Å². The summed E-state index contributed by atoms with van der Waals surface area (Å²) in [6, 6.07) is 5.16. The van der Waals surface area contributed by atoms with Crippen molar-refractivity contribution < 1.29 is 17.9 Å². The monoisotopic (exact) mass is 393 g/mol. The van der Waals surface area contributed by atoms with Crippen molar-refractivity contribution in [2.45, 2.75) is 43.2 Å². The molecule has 0 unspecified atom stereocenters. The number of sulfonamides is 1. The zero-order valence-electron chi connectivity index (χ0n) is 15.7. The van der Waals surface area contributed by atoms with Crippen molar-refractivity contribution in [3.05, 3.63) is 29.3 Å². The van der Waals surface area contributed by atoms with Crippen molar-refractivity contribution in [2.24, 2.45) is 0 Å². The average molecular weight is 394 g/mol. The van der Waals surface area contributed by atoms with Gasteiger partial charge in [-0.1, -0.05) is 6.07 Å². The fraction of sp³-hybridized carbons (Fsp3) is 0.632. The fourth-order valence-corrected chi connectivity index (χ4v) is 5.69. The number of rotatable bonds is 3. The second-order valence-electron chi connectivity index (χ2n) is 7.52. The van der Waals surface area contributed by atoms with Crippen molar-refractivity contribution in [2.75, 3.05) is 39.3 Å². The molecule has 0 radical (unpaired) electrons. The Hall–Kier alpha value is -1.48. The minimum atomic E-state index is -3.51. The number of aryl methyl sites for hydroxylation is 2. The van der Waals surface area contributed by atoms with Gasteiger partial charge in [0.15, 0.2) is 0 Å². The van der Waals surface area contributed by atoms with Gasteiger partial charge in [-0.2, -0.15) is 4.31 Å². The number of ether oxygens (including phenoxy) is 1. The maximum Gasteiger partial charge on any atom is 0.243 e. The first kappa shape index (κ1) is 18.9. The molecule has 1 amide bonds. The van der Waals surface area contributed by atoms with Crippen LogP contribution in [-0.2, 0) is 32.4 Å². The minimum absolute atomic E-state index is 0.00298. The number of amides is 1. The van der Waals surface area contributed by atoms with Crippen LogP contribution in [-0.4, -0.2) is 75.0 Å². The molecule has 0 saturated carbocycles. The lowest BCUT2D eigenvalue weighted by Gasteiger charge is -2.38. The Kier molecular flexibility index (Phi) is 5.24. The van der Waals surface area contributed by atoms with Crippen LogP contribution in [0.5, 0.6) is 0 Å². The highest BCUT2D eigenvalue weighted by atomic mass is 32.2. The Labute approximate surface area is 160 Å². The van der Waals surface area contributed by atoms with E-state index in [0.717, 1.165) is 24.8 Å². The molecule has 2 atom stereocenters. The highest BCUT2D eigenvalue weighted by Crippen LogP contribution is 2.26. The summed E-state index contributed by atoms with van der Waals surface area (Å²) in [4.78, 5) is 14.9. The van der Waals surface area contributed by atoms with Gasteiger partial charge in [-0.15, -0.1) is 0 Å². The first-order valence-electron chi connectivity index (χ1n) is 9.72. The lowest BCUT2D eigenvalue weighted by molar-refractivity contribution is -0.140. The molecule has 2 fully saturated rings. The maximum atomic E-state index is 13.0. The minimum Gasteiger partial charge on any atom is -0.375 e. The van der Waals surface area contributed by atoms with E-state index in [1.165, 1.54) is 9.87 Å². The quantitative estimate of drug-likeness (QED) is 0.804. The van der Waals surface area contributed by atoms with Crippen molar-refractivity contribution in [3.63, 3.8) is 0 Å². The Morgan fingerprint density at radius 3 is 2.63 bits per heavy atom. The number of fused-ring (bicyclic) bond motifs is 1. The standard InChI is InChI=1S/C19H27N3O4S/c1-14-18(20-7-12-26-14)19(23)21-8-10-22(11-9-21)27(24,25)17-6-5-15-3-2-4-16(15)13-17/h5-6,13-14,18,20H,2-4,7-12H2,1H3/t14-,18+/m1/s1. The topological polar surface area (TPSA) is 79.0 Å². The van der Waals surface area contributed by atoms with Crippen molar-refractivity contribution in [1.82, 2.24) is 14.5 Å². The molecule has 0 aromatic heterocycles. The largest absolute Gasteiger partial charge is 0.375 e. The third-order valence-corrected chi connectivity index (χ3v) is 7.74. The molecule has 1 aliphatic carbocycles. The Morgan fingerprint density at radius 1 is 1.15 bits per heavy atom. The van der Waals surface area contributed by atoms with Gasteiger partial charge in [0.2, 0.25) is 15.9 Å². The maximum absolute atomic E-state index is 13.0. The number of carbonyl (C=O) groups is 1. The summed E-state index contributed by atoms with van der Waals surface area (Å²) in [7, 11) is -3.51. The molecule has 2 heterocycles. The van der Waals surface area contributed by atoms with Crippen LogP contribution in [0.4, 0.5) is 0 Å². The second-order valence-corrected chi connectivity index (χ2v) is 9.46. The molecule has 1 N–H and O–H groups in total. The number of benzene rings is 1. The smallest absolute Gasteiger partial charge is 0.243 e. The molecule has 0 spiro atoms. The van der Waals surface area contributed by atoms with Crippen LogP contribution in [0.25, 0.3) is 0 Å². The van der Waals surface area contributed by atoms with Crippen LogP contribution in [0, 0.1) is 0 Å². The Balaban J connectivity index is 1.42. The summed E-state index contributed by atoms with van der Waals surface area (Å²) in [6.07, 6.45) is 2.92. The molecule has 7 nitrogen and oxygen atoms in total. The summed E-state index contributed by atoms with van der Waals surface area (Å²) >= 11 is 0. The fourth-order valence-electron chi connectivity index (χ4n) is 4.21.